The Labute approximate surface area is 167 Å². The van der Waals surface area contributed by atoms with Gasteiger partial charge in [0.2, 0.25) is 5.91 Å². The standard InChI is InChI=1S/C20H20Cl2FNO3/c1-2-17(10-25)24-18(26)11-27-20(13-7-15(22)9-16(23)8-13)19(24)12-3-5-14(21)6-4-12/h3-9,17,19-20,25H,2,10-11H2,1H3/t17-,19?,20+/m0/s1. The highest BCUT2D eigenvalue weighted by Crippen LogP contribution is 2.42. The van der Waals surface area contributed by atoms with Crippen LogP contribution in [0.25, 0.3) is 0 Å². The van der Waals surface area contributed by atoms with Crippen LogP contribution in [0, 0.1) is 5.82 Å². The maximum Gasteiger partial charge on any atom is 0.249 e. The minimum atomic E-state index is -0.627. The van der Waals surface area contributed by atoms with E-state index in [1.807, 2.05) is 6.92 Å². The number of carbonyl (C=O) groups excluding carboxylic acids is 1. The van der Waals surface area contributed by atoms with Crippen molar-refractivity contribution in [1.29, 1.82) is 0 Å². The van der Waals surface area contributed by atoms with Crippen molar-refractivity contribution in [2.45, 2.75) is 31.5 Å². The van der Waals surface area contributed by atoms with Crippen LogP contribution >= 0.6 is 23.2 Å². The Hall–Kier alpha value is -1.66. The number of rotatable bonds is 5. The smallest absolute Gasteiger partial charge is 0.249 e. The zero-order valence-corrected chi connectivity index (χ0v) is 16.3. The van der Waals surface area contributed by atoms with Crippen LogP contribution in [0.1, 0.15) is 36.6 Å². The lowest BCUT2D eigenvalue weighted by atomic mass is 9.91. The van der Waals surface area contributed by atoms with Crippen LogP contribution in [0.2, 0.25) is 10.0 Å². The van der Waals surface area contributed by atoms with E-state index in [2.05, 4.69) is 0 Å². The Morgan fingerprint density at radius 1 is 1.19 bits per heavy atom. The van der Waals surface area contributed by atoms with Gasteiger partial charge >= 0.3 is 0 Å². The fourth-order valence-corrected chi connectivity index (χ4v) is 3.84. The molecule has 2 aromatic rings. The SMILES string of the molecule is CC[C@@H](CO)N1C(=O)CO[C@H](c2cc(F)cc(Cl)c2)C1c1ccc(Cl)cc1. The highest BCUT2D eigenvalue weighted by Gasteiger charge is 2.41. The highest BCUT2D eigenvalue weighted by atomic mass is 35.5. The van der Waals surface area contributed by atoms with Crippen molar-refractivity contribution >= 4 is 29.1 Å². The van der Waals surface area contributed by atoms with E-state index < -0.39 is 18.0 Å². The third-order valence-corrected chi connectivity index (χ3v) is 5.23. The fourth-order valence-electron chi connectivity index (χ4n) is 3.49. The predicted molar refractivity (Wildman–Crippen MR) is 102 cm³/mol. The van der Waals surface area contributed by atoms with Crippen molar-refractivity contribution < 1.29 is 19.0 Å². The number of nitrogens with zero attached hydrogens (tertiary/aromatic N) is 1. The van der Waals surface area contributed by atoms with Crippen LogP contribution in [0.15, 0.2) is 42.5 Å². The third-order valence-electron chi connectivity index (χ3n) is 4.76. The molecule has 1 aliphatic rings. The number of hydrogen-bond donors (Lipinski definition) is 1. The van der Waals surface area contributed by atoms with E-state index in [9.17, 15) is 14.3 Å². The average Bonchev–Trinajstić information content (AvgIpc) is 2.63. The largest absolute Gasteiger partial charge is 0.394 e. The van der Waals surface area contributed by atoms with Crippen LogP contribution < -0.4 is 0 Å². The Morgan fingerprint density at radius 3 is 2.48 bits per heavy atom. The fraction of sp³-hybridized carbons (Fsp3) is 0.350. The first-order chi connectivity index (χ1) is 12.9. The van der Waals surface area contributed by atoms with E-state index >= 15 is 0 Å². The van der Waals surface area contributed by atoms with Gasteiger partial charge in [-0.3, -0.25) is 4.79 Å². The van der Waals surface area contributed by atoms with Gasteiger partial charge in [-0.25, -0.2) is 4.39 Å². The zero-order valence-electron chi connectivity index (χ0n) is 14.7. The number of aliphatic hydroxyl groups is 1. The molecular weight excluding hydrogens is 392 g/mol. The second-order valence-electron chi connectivity index (χ2n) is 6.48. The molecule has 7 heteroatoms. The molecule has 1 heterocycles. The number of benzene rings is 2. The second kappa shape index (κ2) is 8.57. The lowest BCUT2D eigenvalue weighted by Gasteiger charge is -2.45. The van der Waals surface area contributed by atoms with Crippen LogP contribution in [0.5, 0.6) is 0 Å². The molecule has 4 nitrogen and oxygen atoms in total. The maximum absolute atomic E-state index is 14.0. The molecule has 0 radical (unpaired) electrons. The van der Waals surface area contributed by atoms with Crippen molar-refractivity contribution in [3.63, 3.8) is 0 Å². The third kappa shape index (κ3) is 4.27. The molecule has 0 spiro atoms. The molecule has 0 aliphatic carbocycles. The summed E-state index contributed by atoms with van der Waals surface area (Å²) in [5.74, 6) is -0.705. The molecule has 1 saturated heterocycles. The molecule has 144 valence electrons. The van der Waals surface area contributed by atoms with Gasteiger partial charge in [-0.15, -0.1) is 0 Å². The number of amides is 1. The topological polar surface area (TPSA) is 49.8 Å². The summed E-state index contributed by atoms with van der Waals surface area (Å²) in [6.07, 6.45) is -0.0548. The van der Waals surface area contributed by atoms with Gasteiger partial charge in [0, 0.05) is 10.0 Å². The van der Waals surface area contributed by atoms with Crippen LogP contribution in [0.4, 0.5) is 4.39 Å². The van der Waals surface area contributed by atoms with Crippen LogP contribution in [-0.2, 0) is 9.53 Å². The molecule has 1 unspecified atom stereocenters. The highest BCUT2D eigenvalue weighted by molar-refractivity contribution is 6.30. The van der Waals surface area contributed by atoms with E-state index in [0.29, 0.717) is 17.0 Å². The van der Waals surface area contributed by atoms with Crippen LogP contribution in [0.3, 0.4) is 0 Å². The molecule has 0 aromatic heterocycles. The van der Waals surface area contributed by atoms with Gasteiger partial charge < -0.3 is 14.7 Å². The van der Waals surface area contributed by atoms with E-state index in [1.165, 1.54) is 12.1 Å². The molecule has 0 saturated carbocycles. The Morgan fingerprint density at radius 2 is 1.89 bits per heavy atom. The number of hydrogen-bond acceptors (Lipinski definition) is 3. The van der Waals surface area contributed by atoms with E-state index in [1.54, 1.807) is 35.2 Å². The molecule has 0 bridgehead atoms. The maximum atomic E-state index is 14.0. The van der Waals surface area contributed by atoms with Crippen LogP contribution in [-0.4, -0.2) is 35.2 Å². The van der Waals surface area contributed by atoms with Gasteiger partial charge in [-0.1, -0.05) is 42.3 Å². The van der Waals surface area contributed by atoms with Gasteiger partial charge in [-0.2, -0.15) is 0 Å². The first-order valence-electron chi connectivity index (χ1n) is 8.69. The first-order valence-corrected chi connectivity index (χ1v) is 9.45. The number of ether oxygens (including phenoxy) is 1. The van der Waals surface area contributed by atoms with E-state index in [4.69, 9.17) is 27.9 Å². The molecule has 1 N–H and O–H groups in total. The summed E-state index contributed by atoms with van der Waals surface area (Å²) in [6.45, 7) is 1.57. The molecule has 2 aromatic carbocycles. The zero-order chi connectivity index (χ0) is 19.6. The quantitative estimate of drug-likeness (QED) is 0.785. The Kier molecular flexibility index (Phi) is 6.37. The minimum absolute atomic E-state index is 0.153. The summed E-state index contributed by atoms with van der Waals surface area (Å²) in [5, 5.41) is 10.6. The monoisotopic (exact) mass is 411 g/mol. The number of morpholine rings is 1. The van der Waals surface area contributed by atoms with Crippen molar-refractivity contribution in [2.75, 3.05) is 13.2 Å². The Balaban J connectivity index is 2.12. The molecule has 1 amide bonds. The summed E-state index contributed by atoms with van der Waals surface area (Å²) in [4.78, 5) is 14.3. The second-order valence-corrected chi connectivity index (χ2v) is 7.35. The Bertz CT molecular complexity index is 791. The lowest BCUT2D eigenvalue weighted by Crippen LogP contribution is -2.51. The normalized spacial score (nSPS) is 21.4. The summed E-state index contributed by atoms with van der Waals surface area (Å²) >= 11 is 12.0. The molecule has 1 aliphatic heterocycles. The number of carbonyl (C=O) groups is 1. The summed E-state index contributed by atoms with van der Waals surface area (Å²) < 4.78 is 19.8. The molecular formula is C20H20Cl2FNO3. The number of halogens is 3. The van der Waals surface area contributed by atoms with Crippen molar-refractivity contribution in [3.05, 3.63) is 69.5 Å². The van der Waals surface area contributed by atoms with Crippen molar-refractivity contribution in [1.82, 2.24) is 4.90 Å². The van der Waals surface area contributed by atoms with Gasteiger partial charge in [-0.05, 0) is 47.9 Å². The predicted octanol–water partition coefficient (Wildman–Crippen LogP) is 4.54. The summed E-state index contributed by atoms with van der Waals surface area (Å²) in [6, 6.07) is 10.3. The van der Waals surface area contributed by atoms with Gasteiger partial charge in [0.1, 0.15) is 18.5 Å². The average molecular weight is 412 g/mol. The minimum Gasteiger partial charge on any atom is -0.394 e. The molecule has 1 fully saturated rings. The van der Waals surface area contributed by atoms with Gasteiger partial charge in [0.25, 0.3) is 0 Å². The van der Waals surface area contributed by atoms with Gasteiger partial charge in [0.15, 0.2) is 0 Å². The molecule has 3 rings (SSSR count). The van der Waals surface area contributed by atoms with Gasteiger partial charge in [0.05, 0.1) is 18.7 Å². The first kappa shape index (κ1) is 20.1. The van der Waals surface area contributed by atoms with E-state index in [-0.39, 0.29) is 30.2 Å². The van der Waals surface area contributed by atoms with Crippen molar-refractivity contribution in [2.24, 2.45) is 0 Å². The van der Waals surface area contributed by atoms with E-state index in [0.717, 1.165) is 5.56 Å². The number of aliphatic hydroxyl groups excluding tert-OH is 1. The molecule has 3 atom stereocenters. The molecule has 27 heavy (non-hydrogen) atoms. The summed E-state index contributed by atoms with van der Waals surface area (Å²) in [7, 11) is 0. The summed E-state index contributed by atoms with van der Waals surface area (Å²) in [5.41, 5.74) is 1.31. The lowest BCUT2D eigenvalue weighted by molar-refractivity contribution is -0.165. The van der Waals surface area contributed by atoms with Crippen molar-refractivity contribution in [3.8, 4) is 0 Å².